The van der Waals surface area contributed by atoms with Crippen molar-refractivity contribution in [2.75, 3.05) is 6.61 Å². The molecule has 0 aliphatic heterocycles. The maximum absolute atomic E-state index is 11.1. The lowest BCUT2D eigenvalue weighted by molar-refractivity contribution is -0.137. The highest BCUT2D eigenvalue weighted by Crippen LogP contribution is 2.09. The van der Waals surface area contributed by atoms with Crippen LogP contribution in [0.5, 0.6) is 0 Å². The molecule has 0 unspecified atom stereocenters. The zero-order valence-corrected chi connectivity index (χ0v) is 10.00. The molecule has 18 heavy (non-hydrogen) atoms. The summed E-state index contributed by atoms with van der Waals surface area (Å²) in [5.41, 5.74) is 1.55. The molecule has 0 aliphatic carbocycles. The summed E-state index contributed by atoms with van der Waals surface area (Å²) in [7, 11) is 0. The van der Waals surface area contributed by atoms with Gasteiger partial charge < -0.3 is 9.84 Å². The standard InChI is InChI=1S/C14H14O4/c1-2-18-14(17)9-7-12-5-3-4-11(10-12)6-8-13(15)16/h3-10H,2H2,1H3,(H,15,16)/b8-6?,9-7+. The highest BCUT2D eigenvalue weighted by atomic mass is 16.5. The molecule has 0 spiro atoms. The Balaban J connectivity index is 2.76. The predicted molar refractivity (Wildman–Crippen MR) is 68.8 cm³/mol. The molecule has 0 aromatic heterocycles. The quantitative estimate of drug-likeness (QED) is 0.640. The molecule has 1 rings (SSSR count). The van der Waals surface area contributed by atoms with Crippen LogP contribution < -0.4 is 0 Å². The Morgan fingerprint density at radius 1 is 1.22 bits per heavy atom. The summed E-state index contributed by atoms with van der Waals surface area (Å²) in [5, 5.41) is 8.52. The van der Waals surface area contributed by atoms with Gasteiger partial charge in [0.1, 0.15) is 0 Å². The molecule has 0 fully saturated rings. The van der Waals surface area contributed by atoms with Crippen LogP contribution in [0.3, 0.4) is 0 Å². The smallest absolute Gasteiger partial charge is 0.330 e. The molecule has 0 amide bonds. The molecule has 94 valence electrons. The van der Waals surface area contributed by atoms with Gasteiger partial charge in [-0.05, 0) is 36.3 Å². The fourth-order valence-electron chi connectivity index (χ4n) is 1.29. The number of carbonyl (C=O) groups is 2. The predicted octanol–water partition coefficient (Wildman–Crippen LogP) is 2.36. The van der Waals surface area contributed by atoms with Crippen molar-refractivity contribution in [1.82, 2.24) is 0 Å². The van der Waals surface area contributed by atoms with Crippen molar-refractivity contribution in [2.24, 2.45) is 0 Å². The maximum atomic E-state index is 11.1. The van der Waals surface area contributed by atoms with Gasteiger partial charge in [0.2, 0.25) is 0 Å². The third-order valence-corrected chi connectivity index (χ3v) is 2.03. The van der Waals surface area contributed by atoms with Crippen LogP contribution in [0.4, 0.5) is 0 Å². The lowest BCUT2D eigenvalue weighted by Gasteiger charge is -1.97. The second kappa shape index (κ2) is 7.06. The van der Waals surface area contributed by atoms with Crippen LogP contribution in [-0.2, 0) is 14.3 Å². The normalized spacial score (nSPS) is 10.9. The number of aliphatic carboxylic acids is 1. The Hall–Kier alpha value is -2.36. The van der Waals surface area contributed by atoms with E-state index in [4.69, 9.17) is 9.84 Å². The molecule has 0 heterocycles. The molecule has 0 radical (unpaired) electrons. The lowest BCUT2D eigenvalue weighted by Crippen LogP contribution is -1.98. The zero-order chi connectivity index (χ0) is 13.4. The van der Waals surface area contributed by atoms with Crippen LogP contribution in [0.1, 0.15) is 18.1 Å². The van der Waals surface area contributed by atoms with Crippen LogP contribution in [0.25, 0.3) is 12.2 Å². The lowest BCUT2D eigenvalue weighted by atomic mass is 10.1. The van der Waals surface area contributed by atoms with Gasteiger partial charge in [0.15, 0.2) is 0 Å². The van der Waals surface area contributed by atoms with Gasteiger partial charge in [-0.3, -0.25) is 0 Å². The van der Waals surface area contributed by atoms with Crippen molar-refractivity contribution in [3.8, 4) is 0 Å². The number of esters is 1. The van der Waals surface area contributed by atoms with Crippen LogP contribution in [0.15, 0.2) is 36.4 Å². The topological polar surface area (TPSA) is 63.6 Å². The minimum Gasteiger partial charge on any atom is -0.478 e. The molecular formula is C14H14O4. The van der Waals surface area contributed by atoms with E-state index in [1.165, 1.54) is 12.2 Å². The monoisotopic (exact) mass is 246 g/mol. The van der Waals surface area contributed by atoms with Crippen LogP contribution in [0.2, 0.25) is 0 Å². The number of ether oxygens (including phenoxy) is 1. The molecule has 0 saturated heterocycles. The molecular weight excluding hydrogens is 232 g/mol. The van der Waals surface area contributed by atoms with Crippen molar-refractivity contribution in [1.29, 1.82) is 0 Å². The van der Waals surface area contributed by atoms with Crippen molar-refractivity contribution in [3.63, 3.8) is 0 Å². The van der Waals surface area contributed by atoms with Gasteiger partial charge in [0.25, 0.3) is 0 Å². The van der Waals surface area contributed by atoms with E-state index in [1.54, 1.807) is 31.2 Å². The molecule has 1 N–H and O–H groups in total. The summed E-state index contributed by atoms with van der Waals surface area (Å²) in [6.07, 6.45) is 5.51. The average molecular weight is 246 g/mol. The Bertz CT molecular complexity index is 486. The second-order valence-corrected chi connectivity index (χ2v) is 3.43. The van der Waals surface area contributed by atoms with E-state index in [1.807, 2.05) is 6.07 Å². The van der Waals surface area contributed by atoms with Gasteiger partial charge in [0, 0.05) is 12.2 Å². The van der Waals surface area contributed by atoms with E-state index in [9.17, 15) is 9.59 Å². The van der Waals surface area contributed by atoms with E-state index >= 15 is 0 Å². The van der Waals surface area contributed by atoms with Crippen molar-refractivity contribution in [2.45, 2.75) is 6.92 Å². The van der Waals surface area contributed by atoms with Crippen molar-refractivity contribution in [3.05, 3.63) is 47.5 Å². The molecule has 1 aromatic rings. The second-order valence-electron chi connectivity index (χ2n) is 3.43. The van der Waals surface area contributed by atoms with Crippen molar-refractivity contribution < 1.29 is 19.4 Å². The number of carbonyl (C=O) groups excluding carboxylic acids is 1. The largest absolute Gasteiger partial charge is 0.478 e. The molecule has 4 heteroatoms. The van der Waals surface area contributed by atoms with Crippen LogP contribution in [-0.4, -0.2) is 23.7 Å². The number of benzene rings is 1. The van der Waals surface area contributed by atoms with Crippen molar-refractivity contribution >= 4 is 24.1 Å². The summed E-state index contributed by atoms with van der Waals surface area (Å²) in [5.74, 6) is -1.40. The van der Waals surface area contributed by atoms with Gasteiger partial charge in [-0.25, -0.2) is 9.59 Å². The molecule has 0 aliphatic rings. The minimum absolute atomic E-state index is 0.338. The summed E-state index contributed by atoms with van der Waals surface area (Å²) in [4.78, 5) is 21.5. The first-order valence-electron chi connectivity index (χ1n) is 5.47. The van der Waals surface area contributed by atoms with Gasteiger partial charge in [-0.1, -0.05) is 18.2 Å². The van der Waals surface area contributed by atoms with E-state index < -0.39 is 11.9 Å². The number of hydrogen-bond acceptors (Lipinski definition) is 3. The highest BCUT2D eigenvalue weighted by Gasteiger charge is 1.95. The maximum Gasteiger partial charge on any atom is 0.330 e. The fourth-order valence-corrected chi connectivity index (χ4v) is 1.29. The van der Waals surface area contributed by atoms with E-state index in [2.05, 4.69) is 0 Å². The van der Waals surface area contributed by atoms with Crippen LogP contribution in [0, 0.1) is 0 Å². The van der Waals surface area contributed by atoms with Gasteiger partial charge in [0.05, 0.1) is 6.61 Å². The fraction of sp³-hybridized carbons (Fsp3) is 0.143. The summed E-state index contributed by atoms with van der Waals surface area (Å²) < 4.78 is 4.76. The summed E-state index contributed by atoms with van der Waals surface area (Å²) >= 11 is 0. The van der Waals surface area contributed by atoms with Crippen LogP contribution >= 0.6 is 0 Å². The summed E-state index contributed by atoms with van der Waals surface area (Å²) in [6.45, 7) is 2.08. The Morgan fingerprint density at radius 2 is 1.83 bits per heavy atom. The third kappa shape index (κ3) is 5.12. The molecule has 0 atom stereocenters. The number of rotatable bonds is 5. The SMILES string of the molecule is CCOC(=O)/C=C/c1cccc(C=CC(=O)O)c1. The van der Waals surface area contributed by atoms with E-state index in [0.717, 1.165) is 17.2 Å². The van der Waals surface area contributed by atoms with Gasteiger partial charge in [-0.2, -0.15) is 0 Å². The molecule has 4 nitrogen and oxygen atoms in total. The van der Waals surface area contributed by atoms with E-state index in [-0.39, 0.29) is 0 Å². The molecule has 0 bridgehead atoms. The molecule has 1 aromatic carbocycles. The first-order valence-corrected chi connectivity index (χ1v) is 5.47. The summed E-state index contributed by atoms with van der Waals surface area (Å²) in [6, 6.07) is 7.15. The highest BCUT2D eigenvalue weighted by molar-refractivity contribution is 5.87. The first-order chi connectivity index (χ1) is 8.61. The Labute approximate surface area is 105 Å². The van der Waals surface area contributed by atoms with Gasteiger partial charge >= 0.3 is 11.9 Å². The third-order valence-electron chi connectivity index (χ3n) is 2.03. The minimum atomic E-state index is -0.998. The number of carboxylic acid groups (broad SMARTS) is 1. The Kier molecular flexibility index (Phi) is 5.38. The zero-order valence-electron chi connectivity index (χ0n) is 10.00. The Morgan fingerprint density at radius 3 is 2.39 bits per heavy atom. The first kappa shape index (κ1) is 13.7. The number of carboxylic acids is 1. The average Bonchev–Trinajstić information content (AvgIpc) is 2.35. The van der Waals surface area contributed by atoms with Gasteiger partial charge in [-0.15, -0.1) is 0 Å². The number of hydrogen-bond donors (Lipinski definition) is 1. The molecule has 0 saturated carbocycles. The van der Waals surface area contributed by atoms with E-state index in [0.29, 0.717) is 6.61 Å².